The Morgan fingerprint density at radius 1 is 1.12 bits per heavy atom. The maximum Gasteiger partial charge on any atom is 0.111 e. The van der Waals surface area contributed by atoms with Crippen LogP contribution in [0.3, 0.4) is 0 Å². The number of benzene rings is 1. The van der Waals surface area contributed by atoms with Gasteiger partial charge in [0.25, 0.3) is 0 Å². The Hall–Kier alpha value is -2.56. The molecular formula is C21H22N4. The molecule has 1 aromatic carbocycles. The Bertz CT molecular complexity index is 976. The summed E-state index contributed by atoms with van der Waals surface area (Å²) in [6, 6.07) is 13.3. The van der Waals surface area contributed by atoms with Gasteiger partial charge in [-0.25, -0.2) is 0 Å². The normalized spacial score (nSPS) is 26.5. The van der Waals surface area contributed by atoms with E-state index in [-0.39, 0.29) is 6.17 Å². The first-order chi connectivity index (χ1) is 12.0. The molecule has 2 aliphatic rings. The van der Waals surface area contributed by atoms with E-state index < -0.39 is 5.41 Å². The number of hydrogen-bond acceptors (Lipinski definition) is 3. The van der Waals surface area contributed by atoms with E-state index >= 15 is 0 Å². The highest BCUT2D eigenvalue weighted by Gasteiger charge is 2.48. The average molecular weight is 330 g/mol. The lowest BCUT2D eigenvalue weighted by Crippen LogP contribution is -2.45. The molecule has 4 nitrogen and oxygen atoms in total. The van der Waals surface area contributed by atoms with Gasteiger partial charge in [-0.2, -0.15) is 10.5 Å². The van der Waals surface area contributed by atoms with Gasteiger partial charge in [-0.15, -0.1) is 0 Å². The van der Waals surface area contributed by atoms with Gasteiger partial charge in [0.05, 0.1) is 22.9 Å². The predicted molar refractivity (Wildman–Crippen MR) is 98.4 cm³/mol. The number of hydrogen-bond donors (Lipinski definition) is 0. The lowest BCUT2D eigenvalue weighted by atomic mass is 9.75. The summed E-state index contributed by atoms with van der Waals surface area (Å²) < 4.78 is 2.27. The molecule has 126 valence electrons. The standard InChI is InChI=1S/C21H22N4/c1-14-16-8-4-5-9-18(16)25-19(14)17(12-22)15(2)21(3,13-23)20(25)24-10-6-7-11-24/h4-5,8-9,20H,6-7,10-11H2,1-3H3/t20-,21+/m1/s1. The van der Waals surface area contributed by atoms with Crippen LogP contribution < -0.4 is 0 Å². The lowest BCUT2D eigenvalue weighted by molar-refractivity contribution is 0.0966. The van der Waals surface area contributed by atoms with Crippen LogP contribution in [-0.2, 0) is 0 Å². The molecule has 0 unspecified atom stereocenters. The van der Waals surface area contributed by atoms with E-state index in [1.165, 1.54) is 18.2 Å². The summed E-state index contributed by atoms with van der Waals surface area (Å²) in [6.45, 7) is 8.06. The maximum absolute atomic E-state index is 10.1. The second kappa shape index (κ2) is 5.48. The largest absolute Gasteiger partial charge is 0.321 e. The summed E-state index contributed by atoms with van der Waals surface area (Å²) in [7, 11) is 0. The first kappa shape index (κ1) is 15.9. The highest BCUT2D eigenvalue weighted by atomic mass is 15.3. The summed E-state index contributed by atoms with van der Waals surface area (Å²) in [4.78, 5) is 2.43. The fourth-order valence-electron chi connectivity index (χ4n) is 4.67. The van der Waals surface area contributed by atoms with Gasteiger partial charge in [0.1, 0.15) is 17.6 Å². The van der Waals surface area contributed by atoms with Gasteiger partial charge in [-0.05, 0) is 50.8 Å². The van der Waals surface area contributed by atoms with Crippen LogP contribution in [0.25, 0.3) is 16.5 Å². The van der Waals surface area contributed by atoms with Crippen molar-refractivity contribution in [3.05, 3.63) is 41.1 Å². The number of para-hydroxylation sites is 1. The Morgan fingerprint density at radius 2 is 1.80 bits per heavy atom. The van der Waals surface area contributed by atoms with Gasteiger partial charge in [0, 0.05) is 18.5 Å². The van der Waals surface area contributed by atoms with E-state index in [1.54, 1.807) is 0 Å². The Labute approximate surface area is 148 Å². The van der Waals surface area contributed by atoms with Crippen LogP contribution >= 0.6 is 0 Å². The van der Waals surface area contributed by atoms with Crippen LogP contribution in [0, 0.1) is 35.0 Å². The number of aryl methyl sites for hydroxylation is 1. The maximum atomic E-state index is 10.1. The highest BCUT2D eigenvalue weighted by Crippen LogP contribution is 2.51. The molecule has 0 radical (unpaired) electrons. The number of nitriles is 2. The third-order valence-corrected chi connectivity index (χ3v) is 6.15. The van der Waals surface area contributed by atoms with Gasteiger partial charge < -0.3 is 4.57 Å². The van der Waals surface area contributed by atoms with Crippen molar-refractivity contribution in [1.82, 2.24) is 9.47 Å². The molecule has 1 saturated heterocycles. The first-order valence-electron chi connectivity index (χ1n) is 8.91. The van der Waals surface area contributed by atoms with Crippen molar-refractivity contribution < 1.29 is 0 Å². The van der Waals surface area contributed by atoms with E-state index in [1.807, 2.05) is 26.0 Å². The third kappa shape index (κ3) is 1.95. The van der Waals surface area contributed by atoms with Crippen LogP contribution in [0.5, 0.6) is 0 Å². The van der Waals surface area contributed by atoms with Gasteiger partial charge in [-0.1, -0.05) is 18.2 Å². The second-order valence-electron chi connectivity index (χ2n) is 7.40. The minimum atomic E-state index is -0.712. The number of nitrogens with zero attached hydrogens (tertiary/aromatic N) is 4. The third-order valence-electron chi connectivity index (χ3n) is 6.15. The SMILES string of the molecule is CC1=C(C#N)c2c(C)c3ccccc3n2[C@@H](N2CCCC2)[C@@]1(C)C#N. The van der Waals surface area contributed by atoms with E-state index in [2.05, 4.69) is 40.7 Å². The Balaban J connectivity index is 2.14. The number of aromatic nitrogens is 1. The summed E-state index contributed by atoms with van der Waals surface area (Å²) in [5, 5.41) is 21.2. The molecule has 2 atom stereocenters. The molecule has 0 spiro atoms. The highest BCUT2D eigenvalue weighted by molar-refractivity contribution is 5.94. The van der Waals surface area contributed by atoms with Crippen LogP contribution in [0.1, 0.15) is 44.1 Å². The minimum absolute atomic E-state index is 0.0642. The van der Waals surface area contributed by atoms with Crippen molar-refractivity contribution in [3.8, 4) is 12.1 Å². The van der Waals surface area contributed by atoms with Crippen LogP contribution in [0.4, 0.5) is 0 Å². The van der Waals surface area contributed by atoms with E-state index in [4.69, 9.17) is 0 Å². The second-order valence-corrected chi connectivity index (χ2v) is 7.40. The summed E-state index contributed by atoms with van der Waals surface area (Å²) >= 11 is 0. The average Bonchev–Trinajstić information content (AvgIpc) is 3.25. The summed E-state index contributed by atoms with van der Waals surface area (Å²) in [5.41, 5.74) is 4.09. The van der Waals surface area contributed by atoms with Gasteiger partial charge >= 0.3 is 0 Å². The van der Waals surface area contributed by atoms with Gasteiger partial charge in [0.2, 0.25) is 0 Å². The Kier molecular flexibility index (Phi) is 3.49. The van der Waals surface area contributed by atoms with Crippen LogP contribution in [0.15, 0.2) is 29.8 Å². The number of allylic oxidation sites excluding steroid dienone is 1. The van der Waals surface area contributed by atoms with Crippen molar-refractivity contribution >= 4 is 16.5 Å². The zero-order valence-corrected chi connectivity index (χ0v) is 15.0. The molecule has 0 amide bonds. The molecule has 4 rings (SSSR count). The molecule has 2 aliphatic heterocycles. The molecule has 1 fully saturated rings. The van der Waals surface area contributed by atoms with Crippen molar-refractivity contribution in [3.63, 3.8) is 0 Å². The smallest absolute Gasteiger partial charge is 0.111 e. The molecular weight excluding hydrogens is 308 g/mol. The fourth-order valence-corrected chi connectivity index (χ4v) is 4.67. The zero-order valence-electron chi connectivity index (χ0n) is 15.0. The minimum Gasteiger partial charge on any atom is -0.321 e. The van der Waals surface area contributed by atoms with Gasteiger partial charge in [0.15, 0.2) is 0 Å². The molecule has 4 heteroatoms. The molecule has 0 bridgehead atoms. The van der Waals surface area contributed by atoms with Crippen molar-refractivity contribution in [2.24, 2.45) is 5.41 Å². The molecule has 0 saturated carbocycles. The monoisotopic (exact) mass is 330 g/mol. The fraction of sp³-hybridized carbons (Fsp3) is 0.429. The quantitative estimate of drug-likeness (QED) is 0.779. The summed E-state index contributed by atoms with van der Waals surface area (Å²) in [6.07, 6.45) is 2.27. The number of rotatable bonds is 1. The van der Waals surface area contributed by atoms with Crippen LogP contribution in [-0.4, -0.2) is 22.6 Å². The Morgan fingerprint density at radius 3 is 2.44 bits per heavy atom. The molecule has 1 aromatic heterocycles. The van der Waals surface area contributed by atoms with E-state index in [0.717, 1.165) is 35.4 Å². The number of fused-ring (bicyclic) bond motifs is 3. The molecule has 3 heterocycles. The van der Waals surface area contributed by atoms with Crippen molar-refractivity contribution in [2.75, 3.05) is 13.1 Å². The van der Waals surface area contributed by atoms with Crippen LogP contribution in [0.2, 0.25) is 0 Å². The van der Waals surface area contributed by atoms with E-state index in [0.29, 0.717) is 5.57 Å². The van der Waals surface area contributed by atoms with Crippen molar-refractivity contribution in [2.45, 2.75) is 39.8 Å². The lowest BCUT2D eigenvalue weighted by Gasteiger charge is -2.44. The molecule has 2 aromatic rings. The van der Waals surface area contributed by atoms with Crippen molar-refractivity contribution in [1.29, 1.82) is 10.5 Å². The first-order valence-corrected chi connectivity index (χ1v) is 8.91. The molecule has 25 heavy (non-hydrogen) atoms. The topological polar surface area (TPSA) is 55.8 Å². The summed E-state index contributed by atoms with van der Waals surface area (Å²) in [5.74, 6) is 0. The van der Waals surface area contributed by atoms with E-state index in [9.17, 15) is 10.5 Å². The molecule has 0 aliphatic carbocycles. The van der Waals surface area contributed by atoms with Gasteiger partial charge in [-0.3, -0.25) is 4.90 Å². The zero-order chi connectivity index (χ0) is 17.8. The number of likely N-dealkylation sites (tertiary alicyclic amines) is 1. The molecule has 0 N–H and O–H groups in total. The predicted octanol–water partition coefficient (Wildman–Crippen LogP) is 4.38.